The van der Waals surface area contributed by atoms with Gasteiger partial charge in [-0.25, -0.2) is 0 Å². The van der Waals surface area contributed by atoms with Gasteiger partial charge in [-0.05, 0) is 29.8 Å². The van der Waals surface area contributed by atoms with Gasteiger partial charge in [-0.3, -0.25) is 4.98 Å². The normalized spacial score (nSPS) is 10.5. The van der Waals surface area contributed by atoms with Gasteiger partial charge in [0.2, 0.25) is 5.95 Å². The van der Waals surface area contributed by atoms with Gasteiger partial charge in [0, 0.05) is 17.3 Å². The summed E-state index contributed by atoms with van der Waals surface area (Å²) in [6.45, 7) is 4.39. The van der Waals surface area contributed by atoms with Crippen molar-refractivity contribution in [1.82, 2.24) is 15.0 Å². The molecule has 0 atom stereocenters. The Labute approximate surface area is 136 Å². The molecule has 0 spiro atoms. The number of anilines is 2. The summed E-state index contributed by atoms with van der Waals surface area (Å²) >= 11 is 9.27. The Hall–Kier alpha value is -1.60. The van der Waals surface area contributed by atoms with Gasteiger partial charge in [-0.2, -0.15) is 9.97 Å². The first-order chi connectivity index (χ1) is 9.93. The molecule has 0 amide bonds. The molecule has 21 heavy (non-hydrogen) atoms. The molecule has 0 fully saturated rings. The summed E-state index contributed by atoms with van der Waals surface area (Å²) in [4.78, 5) is 12.4. The zero-order valence-corrected chi connectivity index (χ0v) is 14.2. The first kappa shape index (κ1) is 15.8. The summed E-state index contributed by atoms with van der Waals surface area (Å²) in [5.41, 5.74) is 8.42. The molecule has 0 radical (unpaired) electrons. The minimum Gasteiger partial charge on any atom is -0.496 e. The van der Waals surface area contributed by atoms with Crippen LogP contribution in [-0.2, 0) is 6.54 Å². The van der Waals surface area contributed by atoms with E-state index in [2.05, 4.69) is 36.2 Å². The van der Waals surface area contributed by atoms with Crippen molar-refractivity contribution in [1.29, 1.82) is 0 Å². The number of aryl methyl sites for hydroxylation is 1. The Kier molecular flexibility index (Phi) is 4.84. The van der Waals surface area contributed by atoms with Crippen molar-refractivity contribution < 1.29 is 4.74 Å². The van der Waals surface area contributed by atoms with Gasteiger partial charge in [-0.1, -0.05) is 11.6 Å². The Morgan fingerprint density at radius 1 is 1.38 bits per heavy atom. The standard InChI is InChI=1S/C13H15BrClN5O/c1-6-4-17-8(7(2)10(6)21-3)5-18-12-9(14)11(15)19-13(16)20-12/h4H,5H2,1-3H3,(H3,16,18,19,20). The van der Waals surface area contributed by atoms with E-state index in [9.17, 15) is 0 Å². The lowest BCUT2D eigenvalue weighted by atomic mass is 10.1. The molecule has 0 unspecified atom stereocenters. The van der Waals surface area contributed by atoms with Crippen LogP contribution in [-0.4, -0.2) is 22.1 Å². The second-order valence-corrected chi connectivity index (χ2v) is 5.59. The van der Waals surface area contributed by atoms with E-state index in [0.29, 0.717) is 16.8 Å². The number of halogens is 2. The zero-order valence-electron chi connectivity index (χ0n) is 11.9. The van der Waals surface area contributed by atoms with Crippen molar-refractivity contribution in [3.8, 4) is 5.75 Å². The fourth-order valence-electron chi connectivity index (χ4n) is 1.97. The molecule has 0 saturated heterocycles. The SMILES string of the molecule is COc1c(C)cnc(CNc2nc(N)nc(Cl)c2Br)c1C. The molecule has 2 aromatic rings. The number of methoxy groups -OCH3 is 1. The highest BCUT2D eigenvalue weighted by molar-refractivity contribution is 9.10. The largest absolute Gasteiger partial charge is 0.496 e. The quantitative estimate of drug-likeness (QED) is 0.802. The van der Waals surface area contributed by atoms with Crippen molar-refractivity contribution in [2.75, 3.05) is 18.2 Å². The third-order valence-electron chi connectivity index (χ3n) is 3.00. The number of aromatic nitrogens is 3. The van der Waals surface area contributed by atoms with Crippen molar-refractivity contribution >= 4 is 39.3 Å². The van der Waals surface area contributed by atoms with Crippen molar-refractivity contribution in [2.45, 2.75) is 20.4 Å². The molecule has 0 saturated carbocycles. The van der Waals surface area contributed by atoms with Crippen LogP contribution in [0.2, 0.25) is 5.15 Å². The first-order valence-corrected chi connectivity index (χ1v) is 7.32. The maximum absolute atomic E-state index is 5.95. The molecule has 2 rings (SSSR count). The number of nitrogens with two attached hydrogens (primary N) is 1. The maximum atomic E-state index is 5.95. The fourth-order valence-corrected chi connectivity index (χ4v) is 2.46. The van der Waals surface area contributed by atoms with Crippen LogP contribution in [0.1, 0.15) is 16.8 Å². The van der Waals surface area contributed by atoms with Crippen LogP contribution in [0.3, 0.4) is 0 Å². The molecular formula is C13H15BrClN5O. The van der Waals surface area contributed by atoms with Gasteiger partial charge in [0.05, 0.1) is 23.8 Å². The number of ether oxygens (including phenoxy) is 1. The van der Waals surface area contributed by atoms with E-state index in [1.807, 2.05) is 13.8 Å². The number of nitrogen functional groups attached to an aromatic ring is 1. The molecule has 2 heterocycles. The molecule has 0 aliphatic heterocycles. The lowest BCUT2D eigenvalue weighted by Crippen LogP contribution is -2.09. The minimum absolute atomic E-state index is 0.108. The zero-order chi connectivity index (χ0) is 15.6. The van der Waals surface area contributed by atoms with E-state index < -0.39 is 0 Å². The Morgan fingerprint density at radius 2 is 2.10 bits per heavy atom. The van der Waals surface area contributed by atoms with Crippen molar-refractivity contribution in [3.63, 3.8) is 0 Å². The Morgan fingerprint density at radius 3 is 2.76 bits per heavy atom. The van der Waals surface area contributed by atoms with Gasteiger partial charge < -0.3 is 15.8 Å². The van der Waals surface area contributed by atoms with Gasteiger partial charge in [-0.15, -0.1) is 0 Å². The van der Waals surface area contributed by atoms with E-state index in [0.717, 1.165) is 22.6 Å². The average Bonchev–Trinajstić information content (AvgIpc) is 2.43. The maximum Gasteiger partial charge on any atom is 0.223 e. The molecular weight excluding hydrogens is 358 g/mol. The van der Waals surface area contributed by atoms with E-state index in [4.69, 9.17) is 22.1 Å². The smallest absolute Gasteiger partial charge is 0.223 e. The summed E-state index contributed by atoms with van der Waals surface area (Å²) in [5.74, 6) is 1.46. The van der Waals surface area contributed by atoms with Crippen LogP contribution in [0.4, 0.5) is 11.8 Å². The molecule has 3 N–H and O–H groups in total. The summed E-state index contributed by atoms with van der Waals surface area (Å²) in [6.07, 6.45) is 1.78. The fraction of sp³-hybridized carbons (Fsp3) is 0.308. The van der Waals surface area contributed by atoms with E-state index in [1.165, 1.54) is 0 Å². The number of nitrogens with zero attached hydrogens (tertiary/aromatic N) is 3. The average molecular weight is 373 g/mol. The van der Waals surface area contributed by atoms with Gasteiger partial charge in [0.15, 0.2) is 5.15 Å². The van der Waals surface area contributed by atoms with Crippen LogP contribution in [0.15, 0.2) is 10.7 Å². The third-order valence-corrected chi connectivity index (χ3v) is 4.25. The van der Waals surface area contributed by atoms with Crippen molar-refractivity contribution in [2.24, 2.45) is 0 Å². The monoisotopic (exact) mass is 371 g/mol. The molecule has 112 valence electrons. The Bertz CT molecular complexity index is 680. The highest BCUT2D eigenvalue weighted by Crippen LogP contribution is 2.29. The third kappa shape index (κ3) is 3.36. The molecule has 0 aliphatic rings. The van der Waals surface area contributed by atoms with Crippen LogP contribution < -0.4 is 15.8 Å². The topological polar surface area (TPSA) is 86.0 Å². The predicted molar refractivity (Wildman–Crippen MR) is 86.7 cm³/mol. The molecule has 2 aromatic heterocycles. The Balaban J connectivity index is 2.25. The first-order valence-electron chi connectivity index (χ1n) is 6.15. The van der Waals surface area contributed by atoms with Crippen LogP contribution >= 0.6 is 27.5 Å². The number of hydrogen-bond donors (Lipinski definition) is 2. The molecule has 6 nitrogen and oxygen atoms in total. The molecule has 0 aliphatic carbocycles. The van der Waals surface area contributed by atoms with Gasteiger partial charge in [0.1, 0.15) is 11.6 Å². The van der Waals surface area contributed by atoms with Gasteiger partial charge in [0.25, 0.3) is 0 Å². The molecule has 0 bridgehead atoms. The minimum atomic E-state index is 0.108. The second-order valence-electron chi connectivity index (χ2n) is 4.43. The number of hydrogen-bond acceptors (Lipinski definition) is 6. The van der Waals surface area contributed by atoms with Crippen LogP contribution in [0.25, 0.3) is 0 Å². The molecule has 8 heteroatoms. The lowest BCUT2D eigenvalue weighted by Gasteiger charge is -2.14. The van der Waals surface area contributed by atoms with Crippen LogP contribution in [0.5, 0.6) is 5.75 Å². The second kappa shape index (κ2) is 6.44. The van der Waals surface area contributed by atoms with Crippen molar-refractivity contribution in [3.05, 3.63) is 32.6 Å². The van der Waals surface area contributed by atoms with E-state index >= 15 is 0 Å². The summed E-state index contributed by atoms with van der Waals surface area (Å²) < 4.78 is 5.95. The number of nitrogens with one attached hydrogen (secondary N) is 1. The van der Waals surface area contributed by atoms with Crippen LogP contribution in [0, 0.1) is 13.8 Å². The number of pyridine rings is 1. The summed E-state index contributed by atoms with van der Waals surface area (Å²) in [6, 6.07) is 0. The number of rotatable bonds is 4. The predicted octanol–water partition coefficient (Wildman–Crippen LogP) is 3.11. The highest BCUT2D eigenvalue weighted by atomic mass is 79.9. The molecule has 0 aromatic carbocycles. The van der Waals surface area contributed by atoms with E-state index in [-0.39, 0.29) is 11.1 Å². The van der Waals surface area contributed by atoms with E-state index in [1.54, 1.807) is 13.3 Å². The summed E-state index contributed by atoms with van der Waals surface area (Å²) in [7, 11) is 1.65. The highest BCUT2D eigenvalue weighted by Gasteiger charge is 2.12. The lowest BCUT2D eigenvalue weighted by molar-refractivity contribution is 0.407. The van der Waals surface area contributed by atoms with Gasteiger partial charge >= 0.3 is 0 Å². The summed E-state index contributed by atoms with van der Waals surface area (Å²) in [5, 5.41) is 3.40.